The number of carbonyl (C=O) groups excluding carboxylic acids is 1. The summed E-state index contributed by atoms with van der Waals surface area (Å²) < 4.78 is 34.8. The Balaban J connectivity index is 0.000000278. The van der Waals surface area contributed by atoms with E-state index in [0.29, 0.717) is 18.6 Å². The molecule has 8 heteroatoms. The largest absolute Gasteiger partial charge is 0.445 e. The summed E-state index contributed by atoms with van der Waals surface area (Å²) in [6, 6.07) is 16.2. The van der Waals surface area contributed by atoms with Gasteiger partial charge >= 0.3 is 6.09 Å². The maximum atomic E-state index is 11.8. The van der Waals surface area contributed by atoms with Crippen molar-refractivity contribution >= 4 is 16.2 Å². The van der Waals surface area contributed by atoms with E-state index in [4.69, 9.17) is 15.0 Å². The quantitative estimate of drug-likeness (QED) is 0.546. The molecule has 1 saturated carbocycles. The number of hydrogen-bond acceptors (Lipinski definition) is 5. The Kier molecular flexibility index (Phi) is 10.2. The normalized spacial score (nSPS) is 19.2. The molecule has 2 aromatic rings. The van der Waals surface area contributed by atoms with Gasteiger partial charge in [-0.1, -0.05) is 48.0 Å². The van der Waals surface area contributed by atoms with Crippen molar-refractivity contribution in [1.29, 1.82) is 0 Å². The standard InChI is InChI=1S/C17H26N2O2.C7H8O3S/c1-13(11-14-7-9-16(18)10-8-14)19-17(20)21-12-15-5-3-2-4-6-15;1-6-2-4-7(5-3-6)11(8,9)10/h2-6,13-14,16H,7-12,18H2,1H3,(H,19,20);2-5H,1H3,(H,8,9,10)/t13-,14?,16?;/m0./s1. The van der Waals surface area contributed by atoms with Gasteiger partial charge in [0.15, 0.2) is 0 Å². The number of amides is 1. The van der Waals surface area contributed by atoms with Crippen LogP contribution in [0.25, 0.3) is 0 Å². The molecule has 0 unspecified atom stereocenters. The maximum absolute atomic E-state index is 11.8. The van der Waals surface area contributed by atoms with Gasteiger partial charge < -0.3 is 15.8 Å². The molecule has 176 valence electrons. The van der Waals surface area contributed by atoms with Crippen molar-refractivity contribution in [2.75, 3.05) is 0 Å². The van der Waals surface area contributed by atoms with Gasteiger partial charge in [0.1, 0.15) is 6.61 Å². The Labute approximate surface area is 191 Å². The highest BCUT2D eigenvalue weighted by molar-refractivity contribution is 7.85. The first-order chi connectivity index (χ1) is 15.1. The van der Waals surface area contributed by atoms with Gasteiger partial charge in [-0.15, -0.1) is 0 Å². The molecule has 2 aromatic carbocycles. The van der Waals surface area contributed by atoms with Crippen LogP contribution in [0.15, 0.2) is 59.5 Å². The molecule has 1 amide bonds. The molecule has 0 saturated heterocycles. The summed E-state index contributed by atoms with van der Waals surface area (Å²) in [5.74, 6) is 0.675. The molecule has 7 nitrogen and oxygen atoms in total. The predicted octanol–water partition coefficient (Wildman–Crippen LogP) is 4.45. The van der Waals surface area contributed by atoms with E-state index in [1.165, 1.54) is 25.0 Å². The van der Waals surface area contributed by atoms with E-state index in [1.807, 2.05) is 44.2 Å². The van der Waals surface area contributed by atoms with E-state index in [2.05, 4.69) is 5.32 Å². The first-order valence-electron chi connectivity index (χ1n) is 10.9. The van der Waals surface area contributed by atoms with Gasteiger partial charge in [-0.3, -0.25) is 4.55 Å². The second-order valence-electron chi connectivity index (χ2n) is 8.41. The van der Waals surface area contributed by atoms with Crippen LogP contribution in [0.3, 0.4) is 0 Å². The zero-order valence-electron chi connectivity index (χ0n) is 18.7. The summed E-state index contributed by atoms with van der Waals surface area (Å²) in [6.07, 6.45) is 5.23. The highest BCUT2D eigenvalue weighted by atomic mass is 32.2. The zero-order chi connectivity index (χ0) is 23.6. The van der Waals surface area contributed by atoms with Gasteiger partial charge in [-0.25, -0.2) is 4.79 Å². The van der Waals surface area contributed by atoms with E-state index < -0.39 is 10.1 Å². The third-order valence-electron chi connectivity index (χ3n) is 5.47. The van der Waals surface area contributed by atoms with Crippen LogP contribution in [0.5, 0.6) is 0 Å². The van der Waals surface area contributed by atoms with Crippen LogP contribution < -0.4 is 11.1 Å². The fourth-order valence-corrected chi connectivity index (χ4v) is 4.14. The van der Waals surface area contributed by atoms with Gasteiger partial charge in [0.05, 0.1) is 4.90 Å². The van der Waals surface area contributed by atoms with Crippen LogP contribution in [-0.2, 0) is 21.5 Å². The van der Waals surface area contributed by atoms with Gasteiger partial charge in [-0.05, 0) is 69.6 Å². The molecule has 0 aromatic heterocycles. The molecule has 0 spiro atoms. The summed E-state index contributed by atoms with van der Waals surface area (Å²) in [7, 11) is -4.02. The van der Waals surface area contributed by atoms with Crippen molar-refractivity contribution in [2.24, 2.45) is 11.7 Å². The Bertz CT molecular complexity index is 925. The van der Waals surface area contributed by atoms with Gasteiger partial charge in [0.2, 0.25) is 0 Å². The number of carbonyl (C=O) groups is 1. The molecule has 4 N–H and O–H groups in total. The van der Waals surface area contributed by atoms with E-state index in [-0.39, 0.29) is 17.0 Å². The molecule has 1 atom stereocenters. The maximum Gasteiger partial charge on any atom is 0.407 e. The van der Waals surface area contributed by atoms with Crippen molar-refractivity contribution in [3.63, 3.8) is 0 Å². The summed E-state index contributed by atoms with van der Waals surface area (Å²) in [4.78, 5) is 11.7. The van der Waals surface area contributed by atoms with E-state index in [0.717, 1.165) is 30.4 Å². The Morgan fingerprint density at radius 1 is 1.09 bits per heavy atom. The van der Waals surface area contributed by atoms with Gasteiger partial charge in [0.25, 0.3) is 10.1 Å². The average molecular weight is 463 g/mol. The van der Waals surface area contributed by atoms with Crippen LogP contribution in [0, 0.1) is 12.8 Å². The smallest absolute Gasteiger partial charge is 0.407 e. The summed E-state index contributed by atoms with van der Waals surface area (Å²) in [6.45, 7) is 4.20. The molecule has 32 heavy (non-hydrogen) atoms. The van der Waals surface area contributed by atoms with Gasteiger partial charge in [-0.2, -0.15) is 8.42 Å². The highest BCUT2D eigenvalue weighted by Crippen LogP contribution is 2.26. The van der Waals surface area contributed by atoms with Crippen LogP contribution >= 0.6 is 0 Å². The third kappa shape index (κ3) is 9.80. The topological polar surface area (TPSA) is 119 Å². The lowest BCUT2D eigenvalue weighted by Crippen LogP contribution is -2.36. The number of rotatable bonds is 6. The number of benzene rings is 2. The van der Waals surface area contributed by atoms with Crippen molar-refractivity contribution in [1.82, 2.24) is 5.32 Å². The van der Waals surface area contributed by atoms with Crippen LogP contribution in [0.1, 0.15) is 50.2 Å². The first-order valence-corrected chi connectivity index (χ1v) is 12.3. The SMILES string of the molecule is C[C@@H](CC1CCC(N)CC1)NC(=O)OCc1ccccc1.Cc1ccc(S(=O)(=O)O)cc1. The number of nitrogens with two attached hydrogens (primary N) is 1. The second-order valence-corrected chi connectivity index (χ2v) is 9.83. The fraction of sp³-hybridized carbons (Fsp3) is 0.458. The molecular formula is C24H34N2O5S. The minimum atomic E-state index is -4.02. The number of aryl methyl sites for hydroxylation is 1. The van der Waals surface area contributed by atoms with Crippen molar-refractivity contribution in [3.05, 3.63) is 65.7 Å². The molecular weight excluding hydrogens is 428 g/mol. The van der Waals surface area contributed by atoms with Crippen LogP contribution in [0.2, 0.25) is 0 Å². The molecule has 1 aliphatic carbocycles. The number of nitrogens with one attached hydrogen (secondary N) is 1. The molecule has 0 aliphatic heterocycles. The minimum absolute atomic E-state index is 0.0666. The average Bonchev–Trinajstić information content (AvgIpc) is 2.75. The number of alkyl carbamates (subject to hydrolysis) is 1. The van der Waals surface area contributed by atoms with Crippen molar-refractivity contribution in [2.45, 2.75) is 69.5 Å². The molecule has 1 aliphatic rings. The van der Waals surface area contributed by atoms with E-state index >= 15 is 0 Å². The van der Waals surface area contributed by atoms with Crippen LogP contribution in [-0.4, -0.2) is 31.1 Å². The summed E-state index contributed by atoms with van der Waals surface area (Å²) in [5, 5.41) is 2.92. The van der Waals surface area contributed by atoms with Crippen molar-refractivity contribution < 1.29 is 22.5 Å². The van der Waals surface area contributed by atoms with E-state index in [1.54, 1.807) is 12.1 Å². The predicted molar refractivity (Wildman–Crippen MR) is 125 cm³/mol. The minimum Gasteiger partial charge on any atom is -0.445 e. The summed E-state index contributed by atoms with van der Waals surface area (Å²) >= 11 is 0. The van der Waals surface area contributed by atoms with Crippen molar-refractivity contribution in [3.8, 4) is 0 Å². The van der Waals surface area contributed by atoms with Gasteiger partial charge in [0, 0.05) is 12.1 Å². The highest BCUT2D eigenvalue weighted by Gasteiger charge is 2.21. The Morgan fingerprint density at radius 2 is 1.69 bits per heavy atom. The lowest BCUT2D eigenvalue weighted by atomic mass is 9.83. The monoisotopic (exact) mass is 462 g/mol. The lowest BCUT2D eigenvalue weighted by Gasteiger charge is -2.28. The molecule has 1 fully saturated rings. The summed E-state index contributed by atoms with van der Waals surface area (Å²) in [5.41, 5.74) is 7.87. The first kappa shape index (κ1) is 25.8. The molecule has 3 rings (SSSR count). The second kappa shape index (κ2) is 12.6. The molecule has 0 bridgehead atoms. The third-order valence-corrected chi connectivity index (χ3v) is 6.34. The van der Waals surface area contributed by atoms with E-state index in [9.17, 15) is 13.2 Å². The number of ether oxygens (including phenoxy) is 1. The molecule has 0 radical (unpaired) electrons. The number of hydrogen-bond donors (Lipinski definition) is 3. The fourth-order valence-electron chi connectivity index (χ4n) is 3.66. The molecule has 0 heterocycles. The van der Waals surface area contributed by atoms with Crippen LogP contribution in [0.4, 0.5) is 4.79 Å². The Morgan fingerprint density at radius 3 is 2.25 bits per heavy atom. The Hall–Kier alpha value is -2.42. The lowest BCUT2D eigenvalue weighted by molar-refractivity contribution is 0.134. The zero-order valence-corrected chi connectivity index (χ0v) is 19.6.